The Bertz CT molecular complexity index is 1010. The van der Waals surface area contributed by atoms with Crippen molar-refractivity contribution in [3.8, 4) is 0 Å². The highest BCUT2D eigenvalue weighted by molar-refractivity contribution is 14.1. The first-order valence-corrected chi connectivity index (χ1v) is 10.9. The summed E-state index contributed by atoms with van der Waals surface area (Å²) in [7, 11) is 0. The molecule has 4 aromatic rings. The van der Waals surface area contributed by atoms with Crippen molar-refractivity contribution < 1.29 is 13.2 Å². The van der Waals surface area contributed by atoms with Crippen LogP contribution in [0.2, 0.25) is 0 Å². The Morgan fingerprint density at radius 2 is 1.10 bits per heavy atom. The third kappa shape index (κ3) is 3.53. The zero-order valence-electron chi connectivity index (χ0n) is 15.9. The molecule has 0 N–H and O–H groups in total. The third-order valence-electron chi connectivity index (χ3n) is 5.08. The highest BCUT2D eigenvalue weighted by atomic mass is 127. The van der Waals surface area contributed by atoms with Crippen LogP contribution in [0.4, 0.5) is 13.2 Å². The van der Waals surface area contributed by atoms with Crippen LogP contribution in [0.5, 0.6) is 0 Å². The maximum Gasteiger partial charge on any atom is 0.433 e. The van der Waals surface area contributed by atoms with Gasteiger partial charge >= 0.3 is 6.18 Å². The summed E-state index contributed by atoms with van der Waals surface area (Å²) in [6.45, 7) is 0. The predicted octanol–water partition coefficient (Wildman–Crippen LogP) is 6.68. The molecule has 0 unspecified atom stereocenters. The van der Waals surface area contributed by atoms with Crippen molar-refractivity contribution in [3.63, 3.8) is 0 Å². The van der Waals surface area contributed by atoms with Crippen LogP contribution in [-0.4, -0.2) is 9.78 Å². The van der Waals surface area contributed by atoms with Gasteiger partial charge in [0.1, 0.15) is 11.2 Å². The summed E-state index contributed by atoms with van der Waals surface area (Å²) in [6, 6.07) is 28.9. The molecule has 0 fully saturated rings. The van der Waals surface area contributed by atoms with Crippen molar-refractivity contribution in [2.45, 2.75) is 16.1 Å². The molecular weight excluding hydrogens is 500 g/mol. The zero-order valence-corrected chi connectivity index (χ0v) is 18.0. The van der Waals surface area contributed by atoms with Gasteiger partial charge in [-0.05, 0) is 22.8 Å². The van der Waals surface area contributed by atoms with Crippen LogP contribution in [0.15, 0.2) is 97.1 Å². The highest BCUT2D eigenvalue weighted by Gasteiger charge is 2.46. The van der Waals surface area contributed by atoms with E-state index < -0.39 is 17.4 Å². The van der Waals surface area contributed by atoms with Crippen LogP contribution in [0, 0.1) is 0 Å². The molecule has 2 nitrogen and oxygen atoms in total. The number of halogens is 4. The molecule has 1 aromatic heterocycles. The van der Waals surface area contributed by atoms with Crippen LogP contribution in [0.1, 0.15) is 28.1 Å². The molecule has 6 heteroatoms. The molecule has 0 aliphatic heterocycles. The van der Waals surface area contributed by atoms with E-state index in [1.54, 1.807) is 0 Å². The lowest BCUT2D eigenvalue weighted by Gasteiger charge is -2.37. The maximum atomic E-state index is 14.2. The minimum atomic E-state index is -4.55. The van der Waals surface area contributed by atoms with Crippen LogP contribution in [0.3, 0.4) is 0 Å². The third-order valence-corrected chi connectivity index (χ3v) is 5.86. The van der Waals surface area contributed by atoms with Gasteiger partial charge in [0.25, 0.3) is 0 Å². The van der Waals surface area contributed by atoms with Gasteiger partial charge < -0.3 is 0 Å². The lowest BCUT2D eigenvalue weighted by atomic mass is 9.77. The topological polar surface area (TPSA) is 17.8 Å². The number of benzene rings is 3. The predicted molar refractivity (Wildman–Crippen MR) is 120 cm³/mol. The first-order valence-electron chi connectivity index (χ1n) is 9.37. The van der Waals surface area contributed by atoms with E-state index in [9.17, 15) is 13.2 Å². The molecule has 0 amide bonds. The summed E-state index contributed by atoms with van der Waals surface area (Å²) in [5.41, 5.74) is 0.447. The van der Waals surface area contributed by atoms with Crippen molar-refractivity contribution >= 4 is 22.6 Å². The Morgan fingerprint density at radius 3 is 1.43 bits per heavy atom. The number of hydrogen-bond acceptors (Lipinski definition) is 1. The fourth-order valence-electron chi connectivity index (χ4n) is 3.86. The van der Waals surface area contributed by atoms with Gasteiger partial charge in [-0.2, -0.15) is 18.3 Å². The van der Waals surface area contributed by atoms with Gasteiger partial charge in [0.15, 0.2) is 0 Å². The van der Waals surface area contributed by atoms with E-state index in [1.807, 2.05) is 114 Å². The Morgan fingerprint density at radius 1 is 0.700 bits per heavy atom. The SMILES string of the molecule is FC(F)(F)c1cc(CI)nn1C(c1ccccc1)(c1ccccc1)c1ccccc1. The Balaban J connectivity index is 2.19. The number of nitrogens with zero attached hydrogens (tertiary/aromatic N) is 2. The average Bonchev–Trinajstić information content (AvgIpc) is 3.22. The van der Waals surface area contributed by atoms with Crippen LogP contribution in [-0.2, 0) is 16.1 Å². The Labute approximate surface area is 186 Å². The second kappa shape index (κ2) is 8.26. The number of alkyl halides is 4. The van der Waals surface area contributed by atoms with Crippen molar-refractivity contribution in [2.75, 3.05) is 0 Å². The summed E-state index contributed by atoms with van der Waals surface area (Å²) >= 11 is 2.04. The van der Waals surface area contributed by atoms with E-state index in [4.69, 9.17) is 0 Å². The molecule has 0 aliphatic rings. The monoisotopic (exact) mass is 518 g/mol. The van der Waals surface area contributed by atoms with E-state index in [-0.39, 0.29) is 0 Å². The molecule has 4 rings (SSSR count). The van der Waals surface area contributed by atoms with E-state index in [0.29, 0.717) is 26.8 Å². The molecule has 152 valence electrons. The molecule has 1 heterocycles. The average molecular weight is 518 g/mol. The molecule has 30 heavy (non-hydrogen) atoms. The first kappa shape index (κ1) is 20.7. The number of aromatic nitrogens is 2. The van der Waals surface area contributed by atoms with Crippen molar-refractivity contribution in [1.29, 1.82) is 0 Å². The smallest absolute Gasteiger partial charge is 0.240 e. The second-order valence-electron chi connectivity index (χ2n) is 6.87. The van der Waals surface area contributed by atoms with Gasteiger partial charge in [-0.3, -0.25) is 0 Å². The van der Waals surface area contributed by atoms with Crippen molar-refractivity contribution in [1.82, 2.24) is 9.78 Å². The molecule has 0 spiro atoms. The minimum Gasteiger partial charge on any atom is -0.240 e. The molecule has 0 aliphatic carbocycles. The standard InChI is InChI=1S/C24H18F3IN2/c25-24(26,27)22-16-21(17-28)29-30(22)23(18-10-4-1-5-11-18,19-12-6-2-7-13-19)20-14-8-3-9-15-20/h1-16H,17H2. The lowest BCUT2D eigenvalue weighted by Crippen LogP contribution is -2.41. The molecule has 0 saturated heterocycles. The van der Waals surface area contributed by atoms with E-state index in [2.05, 4.69) is 5.10 Å². The summed E-state index contributed by atoms with van der Waals surface area (Å²) in [4.78, 5) is 0. The normalized spacial score (nSPS) is 12.1. The number of hydrogen-bond donors (Lipinski definition) is 0. The molecule has 0 radical (unpaired) electrons. The Kier molecular flexibility index (Phi) is 5.69. The molecular formula is C24H18F3IN2. The Hall–Kier alpha value is -2.61. The lowest BCUT2D eigenvalue weighted by molar-refractivity contribution is -0.145. The molecule has 0 saturated carbocycles. The quantitative estimate of drug-likeness (QED) is 0.164. The van der Waals surface area contributed by atoms with Crippen molar-refractivity contribution in [3.05, 3.63) is 125 Å². The van der Waals surface area contributed by atoms with Crippen LogP contribution in [0.25, 0.3) is 0 Å². The second-order valence-corrected chi connectivity index (χ2v) is 7.64. The minimum absolute atomic E-state index is 0.377. The van der Waals surface area contributed by atoms with Gasteiger partial charge in [-0.15, -0.1) is 0 Å². The molecule has 0 atom stereocenters. The molecule has 3 aromatic carbocycles. The summed E-state index contributed by atoms with van der Waals surface area (Å²) in [5.74, 6) is 0. The summed E-state index contributed by atoms with van der Waals surface area (Å²) in [6.07, 6.45) is -4.55. The van der Waals surface area contributed by atoms with Crippen LogP contribution >= 0.6 is 22.6 Å². The zero-order chi connectivity index (χ0) is 21.2. The van der Waals surface area contributed by atoms with Gasteiger partial charge in [0, 0.05) is 4.43 Å². The maximum absolute atomic E-state index is 14.2. The van der Waals surface area contributed by atoms with Gasteiger partial charge in [-0.25, -0.2) is 4.68 Å². The highest BCUT2D eigenvalue weighted by Crippen LogP contribution is 2.44. The first-order chi connectivity index (χ1) is 14.5. The molecule has 0 bridgehead atoms. The van der Waals surface area contributed by atoms with Gasteiger partial charge in [0.2, 0.25) is 0 Å². The number of rotatable bonds is 5. The largest absolute Gasteiger partial charge is 0.433 e. The van der Waals surface area contributed by atoms with E-state index in [1.165, 1.54) is 0 Å². The van der Waals surface area contributed by atoms with Crippen molar-refractivity contribution in [2.24, 2.45) is 0 Å². The van der Waals surface area contributed by atoms with E-state index in [0.717, 1.165) is 10.7 Å². The van der Waals surface area contributed by atoms with Crippen LogP contribution < -0.4 is 0 Å². The summed E-state index contributed by atoms with van der Waals surface area (Å²) in [5, 5.41) is 4.49. The van der Waals surface area contributed by atoms with E-state index >= 15 is 0 Å². The fraction of sp³-hybridized carbons (Fsp3) is 0.125. The van der Waals surface area contributed by atoms with Gasteiger partial charge in [-0.1, -0.05) is 114 Å². The fourth-order valence-corrected chi connectivity index (χ4v) is 4.23. The summed E-state index contributed by atoms with van der Waals surface area (Å²) < 4.78 is 44.2. The van der Waals surface area contributed by atoms with Gasteiger partial charge in [0.05, 0.1) is 5.69 Å².